The Kier molecular flexibility index (Phi) is 4.63. The molecule has 0 radical (unpaired) electrons. The molecule has 2 rings (SSSR count). The second-order valence-electron chi connectivity index (χ2n) is 4.50. The minimum atomic E-state index is -0.205. The van der Waals surface area contributed by atoms with Crippen LogP contribution in [0.3, 0.4) is 0 Å². The van der Waals surface area contributed by atoms with E-state index in [9.17, 15) is 4.39 Å². The zero-order chi connectivity index (χ0) is 14.0. The summed E-state index contributed by atoms with van der Waals surface area (Å²) in [7, 11) is 0. The van der Waals surface area contributed by atoms with Crippen molar-refractivity contribution in [2.45, 2.75) is 19.9 Å². The second-order valence-corrected chi connectivity index (χ2v) is 6.27. The molecule has 1 atom stereocenters. The SMILES string of the molecule is Cc1cc(NC(C)c2ccc(Br)cc2F)ccc1Br. The Bertz CT molecular complexity index is 599. The van der Waals surface area contributed by atoms with Gasteiger partial charge < -0.3 is 5.32 Å². The first-order valence-electron chi connectivity index (χ1n) is 5.95. The number of aryl methyl sites for hydroxylation is 1. The molecule has 2 aromatic rings. The third-order valence-electron chi connectivity index (χ3n) is 2.97. The maximum absolute atomic E-state index is 13.9. The zero-order valence-electron chi connectivity index (χ0n) is 10.7. The lowest BCUT2D eigenvalue weighted by molar-refractivity contribution is 0.599. The lowest BCUT2D eigenvalue weighted by atomic mass is 10.1. The van der Waals surface area contributed by atoms with E-state index in [1.54, 1.807) is 6.07 Å². The van der Waals surface area contributed by atoms with Crippen LogP contribution in [0.2, 0.25) is 0 Å². The van der Waals surface area contributed by atoms with E-state index in [2.05, 4.69) is 37.2 Å². The molecule has 0 amide bonds. The molecule has 0 spiro atoms. The first-order valence-corrected chi connectivity index (χ1v) is 7.53. The number of nitrogens with one attached hydrogen (secondary N) is 1. The van der Waals surface area contributed by atoms with Gasteiger partial charge in [0.25, 0.3) is 0 Å². The molecular weight excluding hydrogens is 373 g/mol. The lowest BCUT2D eigenvalue weighted by Crippen LogP contribution is -2.08. The minimum absolute atomic E-state index is 0.0892. The molecule has 0 saturated carbocycles. The topological polar surface area (TPSA) is 12.0 Å². The van der Waals surface area contributed by atoms with E-state index < -0.39 is 0 Å². The van der Waals surface area contributed by atoms with Crippen molar-refractivity contribution in [3.63, 3.8) is 0 Å². The molecule has 0 fully saturated rings. The molecule has 0 heterocycles. The van der Waals surface area contributed by atoms with Crippen LogP contribution in [0.15, 0.2) is 45.3 Å². The van der Waals surface area contributed by atoms with Crippen molar-refractivity contribution in [2.24, 2.45) is 0 Å². The number of anilines is 1. The van der Waals surface area contributed by atoms with Crippen LogP contribution in [0, 0.1) is 12.7 Å². The fraction of sp³-hybridized carbons (Fsp3) is 0.200. The standard InChI is InChI=1S/C15H14Br2FN/c1-9-7-12(4-6-14(9)17)19-10(2)13-5-3-11(16)8-15(13)18/h3-8,10,19H,1-2H3. The molecule has 19 heavy (non-hydrogen) atoms. The Labute approximate surface area is 129 Å². The average molecular weight is 387 g/mol. The molecule has 2 aromatic carbocycles. The molecule has 0 saturated heterocycles. The molecule has 0 aliphatic rings. The maximum atomic E-state index is 13.9. The van der Waals surface area contributed by atoms with Gasteiger partial charge in [0.2, 0.25) is 0 Å². The highest BCUT2D eigenvalue weighted by Crippen LogP contribution is 2.26. The number of hydrogen-bond acceptors (Lipinski definition) is 1. The van der Waals surface area contributed by atoms with Crippen LogP contribution in [0.1, 0.15) is 24.1 Å². The van der Waals surface area contributed by atoms with Crippen LogP contribution < -0.4 is 5.32 Å². The van der Waals surface area contributed by atoms with Gasteiger partial charge in [0.1, 0.15) is 5.82 Å². The Morgan fingerprint density at radius 1 is 1.11 bits per heavy atom. The van der Waals surface area contributed by atoms with E-state index in [1.165, 1.54) is 6.07 Å². The predicted octanol–water partition coefficient (Wildman–Crippen LogP) is 5.83. The van der Waals surface area contributed by atoms with E-state index in [0.717, 1.165) is 20.2 Å². The third-order valence-corrected chi connectivity index (χ3v) is 4.35. The fourth-order valence-corrected chi connectivity index (χ4v) is 2.49. The Morgan fingerprint density at radius 3 is 2.47 bits per heavy atom. The van der Waals surface area contributed by atoms with E-state index in [4.69, 9.17) is 0 Å². The zero-order valence-corrected chi connectivity index (χ0v) is 13.8. The largest absolute Gasteiger partial charge is 0.378 e. The van der Waals surface area contributed by atoms with Gasteiger partial charge in [-0.3, -0.25) is 0 Å². The van der Waals surface area contributed by atoms with E-state index in [0.29, 0.717) is 5.56 Å². The Balaban J connectivity index is 2.20. The third kappa shape index (κ3) is 3.57. The van der Waals surface area contributed by atoms with E-state index >= 15 is 0 Å². The molecule has 1 unspecified atom stereocenters. The quantitative estimate of drug-likeness (QED) is 0.699. The highest BCUT2D eigenvalue weighted by molar-refractivity contribution is 9.10. The van der Waals surface area contributed by atoms with Crippen LogP contribution >= 0.6 is 31.9 Å². The molecule has 1 nitrogen and oxygen atoms in total. The summed E-state index contributed by atoms with van der Waals surface area (Å²) in [5.74, 6) is -0.205. The highest BCUT2D eigenvalue weighted by atomic mass is 79.9. The fourth-order valence-electron chi connectivity index (χ4n) is 1.91. The van der Waals surface area contributed by atoms with Crippen molar-refractivity contribution >= 4 is 37.5 Å². The van der Waals surface area contributed by atoms with Gasteiger partial charge in [0.05, 0.1) is 6.04 Å². The summed E-state index contributed by atoms with van der Waals surface area (Å²) in [5, 5.41) is 3.31. The highest BCUT2D eigenvalue weighted by Gasteiger charge is 2.11. The first kappa shape index (κ1) is 14.5. The van der Waals surface area contributed by atoms with Gasteiger partial charge in [0.15, 0.2) is 0 Å². The number of halogens is 3. The summed E-state index contributed by atoms with van der Waals surface area (Å²) < 4.78 is 15.7. The van der Waals surface area contributed by atoms with Crippen molar-refractivity contribution < 1.29 is 4.39 Å². The second kappa shape index (κ2) is 6.06. The van der Waals surface area contributed by atoms with Crippen LogP contribution in [0.25, 0.3) is 0 Å². The minimum Gasteiger partial charge on any atom is -0.378 e. The number of hydrogen-bond donors (Lipinski definition) is 1. The van der Waals surface area contributed by atoms with Gasteiger partial charge in [-0.25, -0.2) is 4.39 Å². The van der Waals surface area contributed by atoms with E-state index in [1.807, 2.05) is 38.1 Å². The molecule has 1 N–H and O–H groups in total. The van der Waals surface area contributed by atoms with Gasteiger partial charge in [-0.2, -0.15) is 0 Å². The molecule has 0 aromatic heterocycles. The van der Waals surface area contributed by atoms with Crippen LogP contribution in [0.4, 0.5) is 10.1 Å². The van der Waals surface area contributed by atoms with Gasteiger partial charge in [-0.15, -0.1) is 0 Å². The van der Waals surface area contributed by atoms with Crippen molar-refractivity contribution in [2.75, 3.05) is 5.32 Å². The summed E-state index contributed by atoms with van der Waals surface area (Å²) in [4.78, 5) is 0. The monoisotopic (exact) mass is 385 g/mol. The summed E-state index contributed by atoms with van der Waals surface area (Å²) in [5.41, 5.74) is 2.78. The molecule has 4 heteroatoms. The summed E-state index contributed by atoms with van der Waals surface area (Å²) in [6, 6.07) is 11.0. The van der Waals surface area contributed by atoms with Crippen LogP contribution in [-0.2, 0) is 0 Å². The smallest absolute Gasteiger partial charge is 0.129 e. The van der Waals surface area contributed by atoms with Gasteiger partial charge in [-0.05, 0) is 49.7 Å². The number of benzene rings is 2. The van der Waals surface area contributed by atoms with Crippen molar-refractivity contribution in [1.82, 2.24) is 0 Å². The van der Waals surface area contributed by atoms with Gasteiger partial charge in [0, 0.05) is 20.2 Å². The number of rotatable bonds is 3. The summed E-state index contributed by atoms with van der Waals surface area (Å²) >= 11 is 6.73. The molecule has 100 valence electrons. The maximum Gasteiger partial charge on any atom is 0.129 e. The summed E-state index contributed by atoms with van der Waals surface area (Å²) in [6.45, 7) is 3.98. The Hall–Kier alpha value is -0.870. The van der Waals surface area contributed by atoms with Gasteiger partial charge >= 0.3 is 0 Å². The van der Waals surface area contributed by atoms with E-state index in [-0.39, 0.29) is 11.9 Å². The predicted molar refractivity (Wildman–Crippen MR) is 85.0 cm³/mol. The van der Waals surface area contributed by atoms with Crippen molar-refractivity contribution in [3.8, 4) is 0 Å². The van der Waals surface area contributed by atoms with Gasteiger partial charge in [-0.1, -0.05) is 37.9 Å². The lowest BCUT2D eigenvalue weighted by Gasteiger charge is -2.17. The average Bonchev–Trinajstić information content (AvgIpc) is 2.33. The van der Waals surface area contributed by atoms with Crippen molar-refractivity contribution in [1.29, 1.82) is 0 Å². The molecule has 0 bridgehead atoms. The van der Waals surface area contributed by atoms with Crippen molar-refractivity contribution in [3.05, 3.63) is 62.3 Å². The Morgan fingerprint density at radius 2 is 1.84 bits per heavy atom. The molecule has 0 aliphatic carbocycles. The van der Waals surface area contributed by atoms with Crippen LogP contribution in [0.5, 0.6) is 0 Å². The molecular formula is C15H14Br2FN. The molecule has 0 aliphatic heterocycles. The first-order chi connectivity index (χ1) is 8.97. The summed E-state index contributed by atoms with van der Waals surface area (Å²) in [6.07, 6.45) is 0. The normalized spacial score (nSPS) is 12.3. The van der Waals surface area contributed by atoms with Crippen LogP contribution in [-0.4, -0.2) is 0 Å².